The molecule has 0 radical (unpaired) electrons. The monoisotopic (exact) mass is 194 g/mol. The maximum atomic E-state index is 11.6. The number of piperazine rings is 1. The molecule has 1 aliphatic heterocycles. The first-order valence-electron chi connectivity index (χ1n) is 4.65. The van der Waals surface area contributed by atoms with Crippen molar-refractivity contribution in [1.82, 2.24) is 14.7 Å². The Bertz CT molecular complexity index is 346. The number of aryl methyl sites for hydroxylation is 1. The van der Waals surface area contributed by atoms with Crippen LogP contribution in [0.2, 0.25) is 0 Å². The first kappa shape index (κ1) is 9.21. The first-order chi connectivity index (χ1) is 6.66. The van der Waals surface area contributed by atoms with Crippen LogP contribution < -0.4 is 4.90 Å². The number of carbonyl (C=O) groups is 1. The van der Waals surface area contributed by atoms with Gasteiger partial charge in [-0.1, -0.05) is 0 Å². The summed E-state index contributed by atoms with van der Waals surface area (Å²) in [5.74, 6) is 0.878. The fraction of sp³-hybridized carbons (Fsp3) is 0.556. The number of amides is 1. The maximum absolute atomic E-state index is 11.6. The minimum absolute atomic E-state index is 0.123. The van der Waals surface area contributed by atoms with Crippen LogP contribution in [0.15, 0.2) is 12.3 Å². The van der Waals surface area contributed by atoms with Crippen molar-refractivity contribution in [2.75, 3.05) is 31.6 Å². The molecule has 1 saturated heterocycles. The second-order valence-corrected chi connectivity index (χ2v) is 3.63. The summed E-state index contributed by atoms with van der Waals surface area (Å²) in [5, 5.41) is 4.21. The van der Waals surface area contributed by atoms with Gasteiger partial charge in [-0.2, -0.15) is 5.10 Å². The SMILES string of the molecule is CN1CCN(c2ccn(C)n2)C(=O)C1. The summed E-state index contributed by atoms with van der Waals surface area (Å²) < 4.78 is 1.71. The topological polar surface area (TPSA) is 41.4 Å². The fourth-order valence-electron chi connectivity index (χ4n) is 1.58. The lowest BCUT2D eigenvalue weighted by molar-refractivity contribution is -0.120. The van der Waals surface area contributed by atoms with Gasteiger partial charge in [-0.15, -0.1) is 0 Å². The highest BCUT2D eigenvalue weighted by molar-refractivity contribution is 5.94. The van der Waals surface area contributed by atoms with Crippen molar-refractivity contribution in [1.29, 1.82) is 0 Å². The third-order valence-electron chi connectivity index (χ3n) is 2.39. The molecule has 0 spiro atoms. The molecule has 5 nitrogen and oxygen atoms in total. The molecule has 14 heavy (non-hydrogen) atoms. The van der Waals surface area contributed by atoms with Crippen molar-refractivity contribution < 1.29 is 4.79 Å². The van der Waals surface area contributed by atoms with Crippen LogP contribution >= 0.6 is 0 Å². The zero-order chi connectivity index (χ0) is 10.1. The zero-order valence-electron chi connectivity index (χ0n) is 8.47. The van der Waals surface area contributed by atoms with E-state index in [9.17, 15) is 4.79 Å². The Balaban J connectivity index is 2.15. The lowest BCUT2D eigenvalue weighted by atomic mass is 10.3. The number of hydrogen-bond donors (Lipinski definition) is 0. The van der Waals surface area contributed by atoms with Crippen LogP contribution in [-0.2, 0) is 11.8 Å². The third kappa shape index (κ3) is 1.63. The van der Waals surface area contributed by atoms with Gasteiger partial charge in [-0.05, 0) is 7.05 Å². The number of anilines is 1. The molecule has 0 unspecified atom stereocenters. The lowest BCUT2D eigenvalue weighted by Crippen LogP contribution is -2.49. The molecule has 0 N–H and O–H groups in total. The molecule has 0 aliphatic carbocycles. The van der Waals surface area contributed by atoms with Crippen molar-refractivity contribution >= 4 is 11.7 Å². The van der Waals surface area contributed by atoms with Gasteiger partial charge < -0.3 is 0 Å². The maximum Gasteiger partial charge on any atom is 0.242 e. The van der Waals surface area contributed by atoms with Crippen LogP contribution in [0.4, 0.5) is 5.82 Å². The second kappa shape index (κ2) is 3.42. The molecule has 0 saturated carbocycles. The summed E-state index contributed by atoms with van der Waals surface area (Å²) in [7, 11) is 3.80. The molecule has 0 atom stereocenters. The van der Waals surface area contributed by atoms with Gasteiger partial charge in [0.1, 0.15) is 0 Å². The van der Waals surface area contributed by atoms with E-state index in [1.807, 2.05) is 31.3 Å². The standard InChI is InChI=1S/C9H14N4O/c1-11-5-6-13(9(14)7-11)8-3-4-12(2)10-8/h3-4H,5-7H2,1-2H3. The van der Waals surface area contributed by atoms with E-state index in [2.05, 4.69) is 5.10 Å². The van der Waals surface area contributed by atoms with Gasteiger partial charge in [0.2, 0.25) is 5.91 Å². The average molecular weight is 194 g/mol. The number of likely N-dealkylation sites (N-methyl/N-ethyl adjacent to an activating group) is 1. The van der Waals surface area contributed by atoms with Crippen LogP contribution in [0.3, 0.4) is 0 Å². The van der Waals surface area contributed by atoms with E-state index >= 15 is 0 Å². The molecule has 76 valence electrons. The largest absolute Gasteiger partial charge is 0.296 e. The summed E-state index contributed by atoms with van der Waals surface area (Å²) in [5.41, 5.74) is 0. The fourth-order valence-corrected chi connectivity index (χ4v) is 1.58. The molecule has 1 aliphatic rings. The smallest absolute Gasteiger partial charge is 0.242 e. The zero-order valence-corrected chi connectivity index (χ0v) is 8.47. The van der Waals surface area contributed by atoms with Crippen LogP contribution in [0, 0.1) is 0 Å². The summed E-state index contributed by atoms with van der Waals surface area (Å²) in [4.78, 5) is 15.4. The Morgan fingerprint density at radius 2 is 2.14 bits per heavy atom. The van der Waals surface area contributed by atoms with Crippen LogP contribution in [0.25, 0.3) is 0 Å². The average Bonchev–Trinajstić information content (AvgIpc) is 2.51. The Labute approximate surface area is 82.9 Å². The van der Waals surface area contributed by atoms with E-state index in [0.29, 0.717) is 6.54 Å². The predicted octanol–water partition coefficient (Wildman–Crippen LogP) is -0.302. The molecule has 2 heterocycles. The highest BCUT2D eigenvalue weighted by Gasteiger charge is 2.23. The molecule has 0 aromatic carbocycles. The normalized spacial score (nSPS) is 19.0. The molecule has 1 amide bonds. The first-order valence-corrected chi connectivity index (χ1v) is 4.65. The summed E-state index contributed by atoms with van der Waals surface area (Å²) in [6.45, 7) is 2.12. The molecule has 2 rings (SSSR count). The summed E-state index contributed by atoms with van der Waals surface area (Å²) >= 11 is 0. The summed E-state index contributed by atoms with van der Waals surface area (Å²) in [6, 6.07) is 1.86. The van der Waals surface area contributed by atoms with Crippen LogP contribution in [0.1, 0.15) is 0 Å². The van der Waals surface area contributed by atoms with E-state index in [1.165, 1.54) is 0 Å². The van der Waals surface area contributed by atoms with Gasteiger partial charge in [0.15, 0.2) is 5.82 Å². The number of hydrogen-bond acceptors (Lipinski definition) is 3. The Hall–Kier alpha value is -1.36. The third-order valence-corrected chi connectivity index (χ3v) is 2.39. The van der Waals surface area contributed by atoms with Crippen molar-refractivity contribution in [3.63, 3.8) is 0 Å². The van der Waals surface area contributed by atoms with Gasteiger partial charge in [-0.25, -0.2) is 0 Å². The van der Waals surface area contributed by atoms with Gasteiger partial charge in [0, 0.05) is 32.4 Å². The van der Waals surface area contributed by atoms with Gasteiger partial charge in [-0.3, -0.25) is 19.3 Å². The van der Waals surface area contributed by atoms with Crippen molar-refractivity contribution in [3.8, 4) is 0 Å². The van der Waals surface area contributed by atoms with Crippen LogP contribution in [0.5, 0.6) is 0 Å². The number of nitrogens with zero attached hydrogens (tertiary/aromatic N) is 4. The number of rotatable bonds is 1. The second-order valence-electron chi connectivity index (χ2n) is 3.63. The summed E-state index contributed by atoms with van der Waals surface area (Å²) in [6.07, 6.45) is 1.85. The molecular formula is C9H14N4O. The van der Waals surface area contributed by atoms with E-state index in [1.54, 1.807) is 9.58 Å². The van der Waals surface area contributed by atoms with E-state index in [0.717, 1.165) is 18.9 Å². The number of carbonyl (C=O) groups excluding carboxylic acids is 1. The Morgan fingerprint density at radius 3 is 2.71 bits per heavy atom. The minimum atomic E-state index is 0.123. The quantitative estimate of drug-likeness (QED) is 0.616. The molecule has 1 aromatic rings. The molecule has 5 heteroatoms. The van der Waals surface area contributed by atoms with E-state index in [-0.39, 0.29) is 5.91 Å². The van der Waals surface area contributed by atoms with E-state index in [4.69, 9.17) is 0 Å². The molecular weight excluding hydrogens is 180 g/mol. The Morgan fingerprint density at radius 1 is 1.36 bits per heavy atom. The Kier molecular flexibility index (Phi) is 2.25. The number of aromatic nitrogens is 2. The highest BCUT2D eigenvalue weighted by atomic mass is 16.2. The predicted molar refractivity (Wildman–Crippen MR) is 53.1 cm³/mol. The molecule has 1 aromatic heterocycles. The molecule has 0 bridgehead atoms. The van der Waals surface area contributed by atoms with Crippen molar-refractivity contribution in [2.24, 2.45) is 7.05 Å². The minimum Gasteiger partial charge on any atom is -0.296 e. The van der Waals surface area contributed by atoms with Crippen LogP contribution in [-0.4, -0.2) is 47.3 Å². The van der Waals surface area contributed by atoms with Gasteiger partial charge in [0.25, 0.3) is 0 Å². The molecule has 1 fully saturated rings. The van der Waals surface area contributed by atoms with Crippen molar-refractivity contribution in [3.05, 3.63) is 12.3 Å². The lowest BCUT2D eigenvalue weighted by Gasteiger charge is -2.30. The highest BCUT2D eigenvalue weighted by Crippen LogP contribution is 2.13. The van der Waals surface area contributed by atoms with Crippen molar-refractivity contribution in [2.45, 2.75) is 0 Å². The van der Waals surface area contributed by atoms with Gasteiger partial charge in [0.05, 0.1) is 6.54 Å². The van der Waals surface area contributed by atoms with Gasteiger partial charge >= 0.3 is 0 Å². The van der Waals surface area contributed by atoms with E-state index < -0.39 is 0 Å².